The topological polar surface area (TPSA) is 35.5 Å². The van der Waals surface area contributed by atoms with Gasteiger partial charge in [-0.05, 0) is 55.9 Å². The molecule has 1 heterocycles. The van der Waals surface area contributed by atoms with Gasteiger partial charge in [0.25, 0.3) is 0 Å². The molecule has 1 saturated heterocycles. The standard InChI is InChI=1S/C15H24N2O/c1-16-14-4-6-15(7-5-14)17-10-8-13(9-11-17)3-2-12-18/h4-7,13,16,18H,2-3,8-12H2,1H3. The molecule has 1 aliphatic heterocycles. The van der Waals surface area contributed by atoms with E-state index < -0.39 is 0 Å². The molecule has 2 rings (SSSR count). The molecule has 0 atom stereocenters. The third-order valence-electron chi connectivity index (χ3n) is 3.91. The molecule has 3 nitrogen and oxygen atoms in total. The fourth-order valence-corrected chi connectivity index (χ4v) is 2.70. The summed E-state index contributed by atoms with van der Waals surface area (Å²) in [6.45, 7) is 2.63. The number of nitrogens with zero attached hydrogens (tertiary/aromatic N) is 1. The van der Waals surface area contributed by atoms with E-state index in [1.165, 1.54) is 24.9 Å². The summed E-state index contributed by atoms with van der Waals surface area (Å²) in [6.07, 6.45) is 4.66. The van der Waals surface area contributed by atoms with E-state index in [9.17, 15) is 0 Å². The molecule has 0 aliphatic carbocycles. The maximum absolute atomic E-state index is 8.86. The Kier molecular flexibility index (Phi) is 4.88. The minimum Gasteiger partial charge on any atom is -0.396 e. The molecule has 0 spiro atoms. The van der Waals surface area contributed by atoms with Gasteiger partial charge in [0, 0.05) is 38.1 Å². The first-order chi connectivity index (χ1) is 8.83. The third kappa shape index (κ3) is 3.39. The molecule has 0 radical (unpaired) electrons. The molecule has 1 aromatic carbocycles. The predicted octanol–water partition coefficient (Wildman–Crippen LogP) is 2.72. The van der Waals surface area contributed by atoms with Crippen molar-refractivity contribution in [1.29, 1.82) is 0 Å². The lowest BCUT2D eigenvalue weighted by molar-refractivity contribution is 0.261. The van der Waals surface area contributed by atoms with Gasteiger partial charge in [-0.2, -0.15) is 0 Å². The first kappa shape index (κ1) is 13.2. The summed E-state index contributed by atoms with van der Waals surface area (Å²) in [5.74, 6) is 0.810. The summed E-state index contributed by atoms with van der Waals surface area (Å²) in [5, 5.41) is 12.0. The van der Waals surface area contributed by atoms with Crippen LogP contribution in [0.3, 0.4) is 0 Å². The first-order valence-corrected chi connectivity index (χ1v) is 6.97. The second-order valence-electron chi connectivity index (χ2n) is 5.09. The molecule has 0 saturated carbocycles. The molecule has 1 aliphatic rings. The Hall–Kier alpha value is -1.22. The van der Waals surface area contributed by atoms with E-state index in [0.29, 0.717) is 6.61 Å². The number of aliphatic hydroxyl groups excluding tert-OH is 1. The predicted molar refractivity (Wildman–Crippen MR) is 77.2 cm³/mol. The number of aliphatic hydroxyl groups is 1. The number of piperidine rings is 1. The van der Waals surface area contributed by atoms with Gasteiger partial charge >= 0.3 is 0 Å². The Bertz CT molecular complexity index is 342. The van der Waals surface area contributed by atoms with Crippen LogP contribution in [0.25, 0.3) is 0 Å². The second-order valence-corrected chi connectivity index (χ2v) is 5.09. The zero-order valence-electron chi connectivity index (χ0n) is 11.2. The number of hydrogen-bond acceptors (Lipinski definition) is 3. The average molecular weight is 248 g/mol. The van der Waals surface area contributed by atoms with Crippen molar-refractivity contribution in [3.05, 3.63) is 24.3 Å². The smallest absolute Gasteiger partial charge is 0.0431 e. The number of benzene rings is 1. The van der Waals surface area contributed by atoms with Gasteiger partial charge in [0.15, 0.2) is 0 Å². The lowest BCUT2D eigenvalue weighted by Crippen LogP contribution is -2.33. The van der Waals surface area contributed by atoms with Crippen LogP contribution in [0.5, 0.6) is 0 Å². The highest BCUT2D eigenvalue weighted by atomic mass is 16.2. The molecule has 100 valence electrons. The largest absolute Gasteiger partial charge is 0.396 e. The normalized spacial score (nSPS) is 16.9. The molecule has 0 bridgehead atoms. The minimum absolute atomic E-state index is 0.339. The quantitative estimate of drug-likeness (QED) is 0.841. The van der Waals surface area contributed by atoms with Crippen molar-refractivity contribution >= 4 is 11.4 Å². The second kappa shape index (κ2) is 6.64. The first-order valence-electron chi connectivity index (χ1n) is 6.97. The Balaban J connectivity index is 1.84. The van der Waals surface area contributed by atoms with Gasteiger partial charge in [0.2, 0.25) is 0 Å². The third-order valence-corrected chi connectivity index (χ3v) is 3.91. The fraction of sp³-hybridized carbons (Fsp3) is 0.600. The number of hydrogen-bond donors (Lipinski definition) is 2. The number of nitrogens with one attached hydrogen (secondary N) is 1. The summed E-state index contributed by atoms with van der Waals surface area (Å²) < 4.78 is 0. The highest BCUT2D eigenvalue weighted by molar-refractivity contribution is 5.55. The van der Waals surface area contributed by atoms with Crippen LogP contribution >= 0.6 is 0 Å². The van der Waals surface area contributed by atoms with Crippen LogP contribution in [0.2, 0.25) is 0 Å². The highest BCUT2D eigenvalue weighted by Crippen LogP contribution is 2.26. The molecule has 1 fully saturated rings. The van der Waals surface area contributed by atoms with Gasteiger partial charge < -0.3 is 15.3 Å². The molecule has 0 unspecified atom stereocenters. The maximum atomic E-state index is 8.86. The van der Waals surface area contributed by atoms with Crippen molar-refractivity contribution in [3.8, 4) is 0 Å². The van der Waals surface area contributed by atoms with Gasteiger partial charge in [-0.25, -0.2) is 0 Å². The van der Waals surface area contributed by atoms with E-state index >= 15 is 0 Å². The monoisotopic (exact) mass is 248 g/mol. The molecule has 3 heteroatoms. The van der Waals surface area contributed by atoms with E-state index in [1.54, 1.807) is 0 Å². The minimum atomic E-state index is 0.339. The van der Waals surface area contributed by atoms with Crippen molar-refractivity contribution in [1.82, 2.24) is 0 Å². The van der Waals surface area contributed by atoms with Crippen molar-refractivity contribution in [2.24, 2.45) is 5.92 Å². The van der Waals surface area contributed by atoms with Gasteiger partial charge in [-0.1, -0.05) is 0 Å². The van der Waals surface area contributed by atoms with Crippen LogP contribution in [0.1, 0.15) is 25.7 Å². The van der Waals surface area contributed by atoms with Crippen molar-refractivity contribution in [2.45, 2.75) is 25.7 Å². The Morgan fingerprint density at radius 1 is 1.22 bits per heavy atom. The zero-order valence-corrected chi connectivity index (χ0v) is 11.2. The lowest BCUT2D eigenvalue weighted by Gasteiger charge is -2.33. The van der Waals surface area contributed by atoms with E-state index in [1.807, 2.05) is 7.05 Å². The summed E-state index contributed by atoms with van der Waals surface area (Å²) in [4.78, 5) is 2.47. The molecule has 1 aromatic rings. The maximum Gasteiger partial charge on any atom is 0.0431 e. The zero-order chi connectivity index (χ0) is 12.8. The van der Waals surface area contributed by atoms with E-state index in [2.05, 4.69) is 34.5 Å². The average Bonchev–Trinajstić information content (AvgIpc) is 2.46. The van der Waals surface area contributed by atoms with Crippen LogP contribution in [-0.2, 0) is 0 Å². The molecule has 0 aromatic heterocycles. The number of anilines is 2. The number of rotatable bonds is 5. The summed E-state index contributed by atoms with van der Waals surface area (Å²) in [6, 6.07) is 8.65. The molecule has 18 heavy (non-hydrogen) atoms. The van der Waals surface area contributed by atoms with Gasteiger partial charge in [0.05, 0.1) is 0 Å². The van der Waals surface area contributed by atoms with Gasteiger partial charge in [-0.15, -0.1) is 0 Å². The molecule has 2 N–H and O–H groups in total. The Labute approximate surface area is 110 Å². The summed E-state index contributed by atoms with van der Waals surface area (Å²) in [7, 11) is 1.95. The van der Waals surface area contributed by atoms with E-state index in [-0.39, 0.29) is 0 Å². The van der Waals surface area contributed by atoms with Crippen molar-refractivity contribution < 1.29 is 5.11 Å². The van der Waals surface area contributed by atoms with Crippen LogP contribution in [-0.4, -0.2) is 31.9 Å². The highest BCUT2D eigenvalue weighted by Gasteiger charge is 2.18. The van der Waals surface area contributed by atoms with Gasteiger partial charge in [0.1, 0.15) is 0 Å². The van der Waals surface area contributed by atoms with Crippen LogP contribution in [0.4, 0.5) is 11.4 Å². The molecular weight excluding hydrogens is 224 g/mol. The van der Waals surface area contributed by atoms with Crippen LogP contribution in [0.15, 0.2) is 24.3 Å². The van der Waals surface area contributed by atoms with Crippen molar-refractivity contribution in [2.75, 3.05) is 37.0 Å². The lowest BCUT2D eigenvalue weighted by atomic mass is 9.92. The van der Waals surface area contributed by atoms with Crippen molar-refractivity contribution in [3.63, 3.8) is 0 Å². The fourth-order valence-electron chi connectivity index (χ4n) is 2.70. The summed E-state index contributed by atoms with van der Waals surface area (Å²) in [5.41, 5.74) is 2.49. The molecular formula is C15H24N2O. The Morgan fingerprint density at radius 2 is 1.89 bits per heavy atom. The van der Waals surface area contributed by atoms with E-state index in [0.717, 1.165) is 31.1 Å². The van der Waals surface area contributed by atoms with E-state index in [4.69, 9.17) is 5.11 Å². The Morgan fingerprint density at radius 3 is 2.44 bits per heavy atom. The van der Waals surface area contributed by atoms with Crippen LogP contribution in [0, 0.1) is 5.92 Å². The summed E-state index contributed by atoms with van der Waals surface area (Å²) >= 11 is 0. The SMILES string of the molecule is CNc1ccc(N2CCC(CCCO)CC2)cc1. The molecule has 0 amide bonds. The van der Waals surface area contributed by atoms with Gasteiger partial charge in [-0.3, -0.25) is 0 Å². The van der Waals surface area contributed by atoms with Crippen LogP contribution < -0.4 is 10.2 Å².